The van der Waals surface area contributed by atoms with E-state index < -0.39 is 125 Å². The number of hydrogen-bond donors (Lipinski definition) is 8. The number of benzene rings is 2. The van der Waals surface area contributed by atoms with E-state index in [0.717, 1.165) is 17.7 Å². The van der Waals surface area contributed by atoms with Gasteiger partial charge in [0.05, 0.1) is 55.1 Å². The van der Waals surface area contributed by atoms with Crippen LogP contribution in [0, 0.1) is 40.8 Å². The molecule has 0 radical (unpaired) electrons. The van der Waals surface area contributed by atoms with E-state index in [1.165, 1.54) is 56.0 Å². The lowest BCUT2D eigenvalue weighted by Crippen LogP contribution is -2.60. The summed E-state index contributed by atoms with van der Waals surface area (Å²) in [5, 5.41) is 16.1. The van der Waals surface area contributed by atoms with Crippen LogP contribution in [0.25, 0.3) is 0 Å². The van der Waals surface area contributed by atoms with E-state index in [4.69, 9.17) is 35.2 Å². The second kappa shape index (κ2) is 42.4. The zero-order valence-corrected chi connectivity index (χ0v) is 65.3. The van der Waals surface area contributed by atoms with Crippen molar-refractivity contribution < 1.29 is 85.6 Å². The molecule has 3 aliphatic rings. The molecule has 0 bridgehead atoms. The topological polar surface area (TPSA) is 388 Å². The van der Waals surface area contributed by atoms with Crippen LogP contribution in [0.3, 0.4) is 0 Å². The maximum Gasteiger partial charge on any atom is 0.410 e. The zero-order chi connectivity index (χ0) is 78.9. The Morgan fingerprint density at radius 3 is 2.01 bits per heavy atom. The van der Waals surface area contributed by atoms with Crippen molar-refractivity contribution in [3.63, 3.8) is 0 Å². The van der Waals surface area contributed by atoms with Crippen molar-refractivity contribution in [1.29, 1.82) is 0 Å². The van der Waals surface area contributed by atoms with Gasteiger partial charge in [-0.1, -0.05) is 93.4 Å². The Labute approximate surface area is 627 Å². The fourth-order valence-electron chi connectivity index (χ4n) is 13.7. The molecule has 12 atom stereocenters. The fourth-order valence-corrected chi connectivity index (χ4v) is 15.2. The summed E-state index contributed by atoms with van der Waals surface area (Å²) >= 11 is 1.40. The van der Waals surface area contributed by atoms with Crippen molar-refractivity contribution in [2.45, 2.75) is 219 Å². The number of anilines is 1. The van der Waals surface area contributed by atoms with Gasteiger partial charge in [-0.3, -0.25) is 57.7 Å². The molecular formula is C75H117FN12O17S. The fraction of sp³-hybridized carbons (Fsp3) is 0.680. The van der Waals surface area contributed by atoms with Crippen molar-refractivity contribution in [2.75, 3.05) is 79.8 Å². The molecule has 592 valence electrons. The van der Waals surface area contributed by atoms with Gasteiger partial charge in [-0.2, -0.15) is 0 Å². The third-order valence-corrected chi connectivity index (χ3v) is 22.0. The quantitative estimate of drug-likeness (QED) is 0.0297. The van der Waals surface area contributed by atoms with Crippen LogP contribution in [0.4, 0.5) is 19.7 Å². The molecule has 1 aliphatic carbocycles. The number of nitrogens with two attached hydrogens (primary N) is 2. The number of thioether (sulfide) groups is 1. The van der Waals surface area contributed by atoms with Crippen molar-refractivity contribution in [3.05, 3.63) is 59.4 Å². The van der Waals surface area contributed by atoms with Gasteiger partial charge in [0.15, 0.2) is 0 Å². The van der Waals surface area contributed by atoms with Crippen LogP contribution in [-0.4, -0.2) is 225 Å². The number of urea groups is 1. The maximum atomic E-state index is 14.9. The standard InChI is InChI=1S/C75H117FN12O17S/c1-16-46(8)65(56(103-14)37-60(91)88-40-52(102-13)36-55(88)66(104-15)47(9)67(93)79-33-29-49-25-28-51(101-12)35-53(49)76)85(10)72(98)63(44(4)5)84-70(96)64(45(6)7)86(11)74(100)105-41-48-23-26-50(27-24-48)81-68(94)54(21-20-32-80-73(78)99)82-69(95)62(43(2)3)83-59(90)22-18-17-19-34-87-61(92)38-57(71(87)97)106-42-75(30-31-75)39-58(77)89/h23-28,35,43-47,52,54-57,62-66H,16-22,29-34,36-42H2,1-15H3,(H2,77,89)(H,79,93)(H,81,94)(H,82,95)(H,83,90)(H,84,96)(H3,78,80,99)/t46-,47+,52+,54-,55-,56+,57?,62-,63-,64-,65-,66+/m0/s1. The van der Waals surface area contributed by atoms with Crippen molar-refractivity contribution >= 4 is 88.6 Å². The highest BCUT2D eigenvalue weighted by Crippen LogP contribution is 2.52. The van der Waals surface area contributed by atoms with E-state index in [0.29, 0.717) is 60.4 Å². The van der Waals surface area contributed by atoms with E-state index in [9.17, 15) is 61.9 Å². The maximum absolute atomic E-state index is 14.9. The van der Waals surface area contributed by atoms with E-state index in [1.807, 2.05) is 13.8 Å². The third-order valence-electron chi connectivity index (χ3n) is 20.4. The van der Waals surface area contributed by atoms with E-state index >= 15 is 0 Å². The lowest BCUT2D eigenvalue weighted by atomic mass is 9.89. The first-order chi connectivity index (χ1) is 50.1. The molecule has 13 amide bonds. The molecule has 29 nitrogen and oxygen atoms in total. The summed E-state index contributed by atoms with van der Waals surface area (Å²) in [5.41, 5.74) is 11.7. The van der Waals surface area contributed by atoms with Crippen LogP contribution >= 0.6 is 11.8 Å². The van der Waals surface area contributed by atoms with Gasteiger partial charge in [0.2, 0.25) is 59.1 Å². The normalized spacial score (nSPS) is 18.7. The molecule has 2 aromatic carbocycles. The molecule has 2 aromatic rings. The molecule has 2 aliphatic heterocycles. The molecular weight excluding hydrogens is 1390 g/mol. The molecule has 106 heavy (non-hydrogen) atoms. The van der Waals surface area contributed by atoms with Crippen LogP contribution in [-0.2, 0) is 79.9 Å². The number of halogens is 1. The molecule has 5 rings (SSSR count). The number of nitrogens with one attached hydrogen (secondary N) is 6. The van der Waals surface area contributed by atoms with Crippen LogP contribution in [0.5, 0.6) is 5.75 Å². The number of likely N-dealkylation sites (tertiary alicyclic amines) is 2. The van der Waals surface area contributed by atoms with Gasteiger partial charge in [0, 0.05) is 98.4 Å². The zero-order valence-electron chi connectivity index (χ0n) is 64.5. The number of methoxy groups -OCH3 is 4. The predicted molar refractivity (Wildman–Crippen MR) is 397 cm³/mol. The minimum Gasteiger partial charge on any atom is -0.497 e. The number of carbonyl (C=O) groups excluding carboxylic acids is 12. The van der Waals surface area contributed by atoms with E-state index in [-0.39, 0.29) is 125 Å². The monoisotopic (exact) mass is 1510 g/mol. The number of carbonyl (C=O) groups is 12. The summed E-state index contributed by atoms with van der Waals surface area (Å²) in [6.45, 7) is 16.6. The van der Waals surface area contributed by atoms with Crippen LogP contribution in [0.1, 0.15) is 157 Å². The Balaban J connectivity index is 1.15. The number of amides is 13. The van der Waals surface area contributed by atoms with Gasteiger partial charge in [-0.25, -0.2) is 14.0 Å². The highest BCUT2D eigenvalue weighted by Gasteiger charge is 2.48. The lowest BCUT2D eigenvalue weighted by molar-refractivity contribution is -0.148. The number of nitrogens with zero attached hydrogens (tertiary/aromatic N) is 4. The number of hydrogen-bond acceptors (Lipinski definition) is 18. The average Bonchev–Trinajstić information content (AvgIpc) is 1.66. The first kappa shape index (κ1) is 88.5. The summed E-state index contributed by atoms with van der Waals surface area (Å²) in [4.78, 5) is 167. The van der Waals surface area contributed by atoms with Crippen LogP contribution in [0.2, 0.25) is 0 Å². The highest BCUT2D eigenvalue weighted by atomic mass is 32.2. The molecule has 1 saturated carbocycles. The molecule has 0 spiro atoms. The lowest BCUT2D eigenvalue weighted by Gasteiger charge is -2.41. The molecule has 0 aromatic heterocycles. The molecule has 10 N–H and O–H groups in total. The minimum atomic E-state index is -1.14. The van der Waals surface area contributed by atoms with Gasteiger partial charge in [-0.15, -0.1) is 11.8 Å². The van der Waals surface area contributed by atoms with Crippen LogP contribution in [0.15, 0.2) is 42.5 Å². The second-order valence-electron chi connectivity index (χ2n) is 29.4. The summed E-state index contributed by atoms with van der Waals surface area (Å²) in [7, 11) is 8.98. The van der Waals surface area contributed by atoms with Crippen LogP contribution < -0.4 is 48.1 Å². The van der Waals surface area contributed by atoms with E-state index in [1.54, 1.807) is 104 Å². The Morgan fingerprint density at radius 1 is 0.755 bits per heavy atom. The number of likely N-dealkylation sites (N-methyl/N-ethyl adjacent to an activating group) is 2. The molecule has 2 saturated heterocycles. The number of primary amides is 2. The molecule has 2 heterocycles. The van der Waals surface area contributed by atoms with E-state index in [2.05, 4.69) is 31.9 Å². The van der Waals surface area contributed by atoms with Crippen molar-refractivity contribution in [3.8, 4) is 5.75 Å². The van der Waals surface area contributed by atoms with Gasteiger partial charge in [0.25, 0.3) is 0 Å². The van der Waals surface area contributed by atoms with Crippen molar-refractivity contribution in [1.82, 2.24) is 46.2 Å². The highest BCUT2D eigenvalue weighted by molar-refractivity contribution is 8.00. The largest absolute Gasteiger partial charge is 0.497 e. The smallest absolute Gasteiger partial charge is 0.410 e. The first-order valence-corrected chi connectivity index (χ1v) is 37.9. The number of rotatable bonds is 45. The third kappa shape index (κ3) is 25.8. The SMILES string of the molecule is CC[C@H](C)[C@@H]([C@@H](CC(=O)N1C[C@H](OC)C[C@H]1[C@H](OC)[C@@H](C)C(=O)NCCc1ccc(OC)cc1F)OC)N(C)C(=O)[C@@H](NC(=O)[C@H](C(C)C)N(C)C(=O)OCc1ccc(NC(=O)[C@H](CCCNC(N)=O)NC(=O)[C@@H](NC(=O)CCCCCN2C(=O)CC(SCC3(CC(N)=O)CC3)C2=O)C(C)C)cc1)C(C)C. The molecule has 31 heteroatoms. The molecule has 3 fully saturated rings. The second-order valence-corrected chi connectivity index (χ2v) is 30.6. The van der Waals surface area contributed by atoms with Gasteiger partial charge < -0.3 is 76.9 Å². The van der Waals surface area contributed by atoms with Gasteiger partial charge >= 0.3 is 12.1 Å². The number of imide groups is 1. The Hall–Kier alpha value is -8.16. The van der Waals surface area contributed by atoms with Gasteiger partial charge in [-0.05, 0) is 110 Å². The number of unbranched alkanes of at least 4 members (excludes halogenated alkanes) is 2. The first-order valence-electron chi connectivity index (χ1n) is 36.9. The summed E-state index contributed by atoms with van der Waals surface area (Å²) in [6, 6.07) is 4.46. The summed E-state index contributed by atoms with van der Waals surface area (Å²) in [6.07, 6.45) is 2.05. The summed E-state index contributed by atoms with van der Waals surface area (Å²) in [5.74, 6) is -6.03. The molecule has 1 unspecified atom stereocenters. The predicted octanol–water partition coefficient (Wildman–Crippen LogP) is 5.56. The summed E-state index contributed by atoms with van der Waals surface area (Å²) < 4.78 is 43.4. The minimum absolute atomic E-state index is 0.0559. The average molecular weight is 1510 g/mol. The Morgan fingerprint density at radius 2 is 1.43 bits per heavy atom. The number of ether oxygens (including phenoxy) is 5. The van der Waals surface area contributed by atoms with Crippen molar-refractivity contribution in [2.24, 2.45) is 46.5 Å². The Kier molecular flexibility index (Phi) is 35.4. The van der Waals surface area contributed by atoms with Gasteiger partial charge in [0.1, 0.15) is 42.3 Å². The Bertz CT molecular complexity index is 3330.